The summed E-state index contributed by atoms with van der Waals surface area (Å²) in [7, 11) is 0. The smallest absolute Gasteiger partial charge is 0.329 e. The number of imide groups is 1. The second kappa shape index (κ2) is 8.14. The molecule has 1 saturated heterocycles. The molecule has 1 aromatic rings. The number of hydrogen-bond donors (Lipinski definition) is 1. The molecule has 1 N–H and O–H groups in total. The average Bonchev–Trinajstić information content (AvgIpc) is 2.93. The summed E-state index contributed by atoms with van der Waals surface area (Å²) in [5.41, 5.74) is 1.32. The number of ether oxygens (including phenoxy) is 1. The number of anilines is 1. The van der Waals surface area contributed by atoms with Crippen molar-refractivity contribution in [2.75, 3.05) is 11.9 Å². The quantitative estimate of drug-likeness (QED) is 0.462. The number of halogens is 1. The normalized spacial score (nSPS) is 22.0. The van der Waals surface area contributed by atoms with E-state index in [2.05, 4.69) is 5.32 Å². The first-order valence-corrected chi connectivity index (χ1v) is 9.42. The second-order valence-electron chi connectivity index (χ2n) is 6.99. The number of likely N-dealkylation sites (tertiary alicyclic amines) is 1. The van der Waals surface area contributed by atoms with Crippen LogP contribution in [0.5, 0.6) is 0 Å². The van der Waals surface area contributed by atoms with Gasteiger partial charge in [-0.05, 0) is 44.4 Å². The third-order valence-corrected chi connectivity index (χ3v) is 5.32. The van der Waals surface area contributed by atoms with E-state index in [0.29, 0.717) is 23.6 Å². The summed E-state index contributed by atoms with van der Waals surface area (Å²) >= 11 is 5.91. The molecule has 1 aliphatic carbocycles. The van der Waals surface area contributed by atoms with E-state index in [1.165, 1.54) is 6.92 Å². The minimum Gasteiger partial charge on any atom is -0.454 e. The Morgan fingerprint density at radius 1 is 1.21 bits per heavy atom. The zero-order valence-electron chi connectivity index (χ0n) is 15.6. The fraction of sp³-hybridized carbons (Fsp3) is 0.400. The van der Waals surface area contributed by atoms with E-state index < -0.39 is 36.4 Å². The minimum atomic E-state index is -1.08. The maximum atomic E-state index is 12.5. The topological polar surface area (TPSA) is 92.8 Å². The zero-order chi connectivity index (χ0) is 20.4. The lowest BCUT2D eigenvalue weighted by Gasteiger charge is -2.21. The molecule has 3 amide bonds. The highest BCUT2D eigenvalue weighted by molar-refractivity contribution is 6.31. The van der Waals surface area contributed by atoms with Crippen molar-refractivity contribution in [3.8, 4) is 0 Å². The van der Waals surface area contributed by atoms with Crippen LogP contribution >= 0.6 is 11.6 Å². The maximum Gasteiger partial charge on any atom is 0.329 e. The summed E-state index contributed by atoms with van der Waals surface area (Å²) in [4.78, 5) is 50.4. The molecule has 28 heavy (non-hydrogen) atoms. The van der Waals surface area contributed by atoms with E-state index in [0.717, 1.165) is 10.5 Å². The highest BCUT2D eigenvalue weighted by Gasteiger charge is 2.50. The molecule has 148 valence electrons. The second-order valence-corrected chi connectivity index (χ2v) is 7.43. The third kappa shape index (κ3) is 3.94. The lowest BCUT2D eigenvalue weighted by molar-refractivity contribution is -0.159. The van der Waals surface area contributed by atoms with E-state index >= 15 is 0 Å². The molecular formula is C20H21ClN2O5. The van der Waals surface area contributed by atoms with E-state index in [9.17, 15) is 19.2 Å². The average molecular weight is 405 g/mol. The summed E-state index contributed by atoms with van der Waals surface area (Å²) in [5, 5.41) is 3.08. The summed E-state index contributed by atoms with van der Waals surface area (Å²) in [6, 6.07) is 3.97. The Morgan fingerprint density at radius 3 is 2.43 bits per heavy atom. The van der Waals surface area contributed by atoms with Crippen LogP contribution in [-0.2, 0) is 23.9 Å². The molecule has 8 heteroatoms. The minimum absolute atomic E-state index is 0.359. The lowest BCUT2D eigenvalue weighted by Crippen LogP contribution is -2.45. The molecule has 3 atom stereocenters. The number of fused-ring (bicyclic) bond motifs is 1. The SMILES string of the molecule is Cc1ccc(Cl)cc1NC(=O)COC(=O)[C@H](C)N1C(=O)[C@H]2CC=CC[C@H]2C1=O. The Hall–Kier alpha value is -2.67. The zero-order valence-corrected chi connectivity index (χ0v) is 16.4. The van der Waals surface area contributed by atoms with Crippen molar-refractivity contribution in [1.82, 2.24) is 4.90 Å². The first-order valence-electron chi connectivity index (χ1n) is 9.04. The monoisotopic (exact) mass is 404 g/mol. The Kier molecular flexibility index (Phi) is 5.84. The van der Waals surface area contributed by atoms with Crippen molar-refractivity contribution >= 4 is 41.0 Å². The number of carbonyl (C=O) groups is 4. The molecule has 0 aromatic heterocycles. The van der Waals surface area contributed by atoms with E-state index in [4.69, 9.17) is 16.3 Å². The molecule has 0 spiro atoms. The van der Waals surface area contributed by atoms with Crippen molar-refractivity contribution in [1.29, 1.82) is 0 Å². The predicted octanol–water partition coefficient (Wildman–Crippen LogP) is 2.47. The Labute approximate surface area is 167 Å². The number of carbonyl (C=O) groups excluding carboxylic acids is 4. The fourth-order valence-corrected chi connectivity index (χ4v) is 3.66. The maximum absolute atomic E-state index is 12.5. The number of nitrogens with one attached hydrogen (secondary N) is 1. The lowest BCUT2D eigenvalue weighted by atomic mass is 9.85. The molecule has 0 unspecified atom stereocenters. The summed E-state index contributed by atoms with van der Waals surface area (Å²) in [6.45, 7) is 2.71. The molecule has 2 aliphatic rings. The van der Waals surface area contributed by atoms with E-state index in [1.54, 1.807) is 25.1 Å². The van der Waals surface area contributed by atoms with Crippen LogP contribution in [0.25, 0.3) is 0 Å². The molecule has 7 nitrogen and oxygen atoms in total. The number of rotatable bonds is 5. The van der Waals surface area contributed by atoms with Crippen molar-refractivity contribution < 1.29 is 23.9 Å². The molecule has 1 fully saturated rings. The largest absolute Gasteiger partial charge is 0.454 e. The van der Waals surface area contributed by atoms with Gasteiger partial charge < -0.3 is 10.1 Å². The molecule has 1 heterocycles. The number of nitrogens with zero attached hydrogens (tertiary/aromatic N) is 1. The van der Waals surface area contributed by atoms with Gasteiger partial charge in [0.1, 0.15) is 6.04 Å². The summed E-state index contributed by atoms with van der Waals surface area (Å²) in [6.07, 6.45) is 4.74. The van der Waals surface area contributed by atoms with Crippen LogP contribution in [0.15, 0.2) is 30.4 Å². The molecule has 3 rings (SSSR count). The fourth-order valence-electron chi connectivity index (χ4n) is 3.49. The summed E-state index contributed by atoms with van der Waals surface area (Å²) < 4.78 is 5.02. The molecular weight excluding hydrogens is 384 g/mol. The van der Waals surface area contributed by atoms with Gasteiger partial charge in [-0.1, -0.05) is 29.8 Å². The summed E-state index contributed by atoms with van der Waals surface area (Å²) in [5.74, 6) is -2.89. The Balaban J connectivity index is 1.57. The van der Waals surface area contributed by atoms with Gasteiger partial charge in [-0.2, -0.15) is 0 Å². The van der Waals surface area contributed by atoms with Gasteiger partial charge in [-0.15, -0.1) is 0 Å². The van der Waals surface area contributed by atoms with Crippen LogP contribution in [0.4, 0.5) is 5.69 Å². The standard InChI is InChI=1S/C20H21ClN2O5/c1-11-7-8-13(21)9-16(11)22-17(24)10-28-20(27)12(2)23-18(25)14-5-3-4-6-15(14)19(23)26/h3-4,7-9,12,14-15H,5-6,10H2,1-2H3,(H,22,24)/t12-,14-,15+/m0/s1. The van der Waals surface area contributed by atoms with Crippen LogP contribution in [0, 0.1) is 18.8 Å². The van der Waals surface area contributed by atoms with E-state index in [1.807, 2.05) is 12.2 Å². The van der Waals surface area contributed by atoms with Gasteiger partial charge in [-0.3, -0.25) is 19.3 Å². The predicted molar refractivity (Wildman–Crippen MR) is 102 cm³/mol. The number of amides is 3. The molecule has 0 bridgehead atoms. The highest BCUT2D eigenvalue weighted by Crippen LogP contribution is 2.36. The number of benzene rings is 1. The molecule has 1 aliphatic heterocycles. The van der Waals surface area contributed by atoms with Crippen LogP contribution < -0.4 is 5.32 Å². The third-order valence-electron chi connectivity index (χ3n) is 5.09. The van der Waals surface area contributed by atoms with Crippen LogP contribution in [-0.4, -0.2) is 41.2 Å². The number of allylic oxidation sites excluding steroid dienone is 2. The van der Waals surface area contributed by atoms with Gasteiger partial charge in [0.15, 0.2) is 6.61 Å². The van der Waals surface area contributed by atoms with Gasteiger partial charge >= 0.3 is 5.97 Å². The van der Waals surface area contributed by atoms with Gasteiger partial charge in [0, 0.05) is 10.7 Å². The van der Waals surface area contributed by atoms with Gasteiger partial charge in [-0.25, -0.2) is 4.79 Å². The number of aryl methyl sites for hydroxylation is 1. The molecule has 0 saturated carbocycles. The van der Waals surface area contributed by atoms with Crippen LogP contribution in [0.2, 0.25) is 5.02 Å². The number of esters is 1. The van der Waals surface area contributed by atoms with Gasteiger partial charge in [0.25, 0.3) is 5.91 Å². The highest BCUT2D eigenvalue weighted by atomic mass is 35.5. The Bertz CT molecular complexity index is 840. The molecule has 1 aromatic carbocycles. The van der Waals surface area contributed by atoms with Crippen molar-refractivity contribution in [3.05, 3.63) is 40.9 Å². The molecule has 0 radical (unpaired) electrons. The number of hydrogen-bond acceptors (Lipinski definition) is 5. The van der Waals surface area contributed by atoms with Crippen LogP contribution in [0.3, 0.4) is 0 Å². The van der Waals surface area contributed by atoms with Crippen LogP contribution in [0.1, 0.15) is 25.3 Å². The van der Waals surface area contributed by atoms with E-state index in [-0.39, 0.29) is 11.8 Å². The van der Waals surface area contributed by atoms with Gasteiger partial charge in [0.2, 0.25) is 11.8 Å². The van der Waals surface area contributed by atoms with Crippen molar-refractivity contribution in [3.63, 3.8) is 0 Å². The first-order chi connectivity index (χ1) is 13.3. The van der Waals surface area contributed by atoms with Crippen molar-refractivity contribution in [2.45, 2.75) is 32.7 Å². The van der Waals surface area contributed by atoms with Crippen molar-refractivity contribution in [2.24, 2.45) is 11.8 Å². The van der Waals surface area contributed by atoms with Gasteiger partial charge in [0.05, 0.1) is 11.8 Å². The first kappa shape index (κ1) is 20.1. The Morgan fingerprint density at radius 2 is 1.82 bits per heavy atom.